The van der Waals surface area contributed by atoms with Gasteiger partial charge in [0.1, 0.15) is 17.1 Å². The Morgan fingerprint density at radius 1 is 0.941 bits per heavy atom. The van der Waals surface area contributed by atoms with Gasteiger partial charge in [0.05, 0.1) is 17.8 Å². The summed E-state index contributed by atoms with van der Waals surface area (Å²) < 4.78 is 3.38. The summed E-state index contributed by atoms with van der Waals surface area (Å²) in [5.41, 5.74) is 3.84. The van der Waals surface area contributed by atoms with Crippen molar-refractivity contribution in [2.24, 2.45) is 0 Å². The van der Waals surface area contributed by atoms with Gasteiger partial charge in [-0.1, -0.05) is 49.6 Å². The molecular formula is C27H26N4O3. The third kappa shape index (κ3) is 3.39. The molecule has 34 heavy (non-hydrogen) atoms. The van der Waals surface area contributed by atoms with Crippen molar-refractivity contribution in [3.8, 4) is 17.0 Å². The molecule has 1 aliphatic heterocycles. The molecule has 4 aromatic rings. The molecule has 0 spiro atoms. The molecule has 6 rings (SSSR count). The lowest BCUT2D eigenvalue weighted by molar-refractivity contribution is 0.0652. The van der Waals surface area contributed by atoms with Gasteiger partial charge in [-0.15, -0.1) is 0 Å². The number of rotatable bonds is 4. The van der Waals surface area contributed by atoms with Crippen LogP contribution < -0.4 is 5.56 Å². The predicted octanol–water partition coefficient (Wildman–Crippen LogP) is 4.21. The fourth-order valence-corrected chi connectivity index (χ4v) is 5.37. The molecule has 3 heterocycles. The average Bonchev–Trinajstić information content (AvgIpc) is 3.46. The first-order valence-electron chi connectivity index (χ1n) is 11.9. The Balaban J connectivity index is 1.53. The van der Waals surface area contributed by atoms with E-state index in [-0.39, 0.29) is 23.3 Å². The SMILES string of the molecule is O=C1c2c(c(=O)n3nc(-c4ccc(O)cc4)cc3n2Cc2ccccc2)CN1C1CCCCC1. The van der Waals surface area contributed by atoms with E-state index in [1.807, 2.05) is 45.9 Å². The molecule has 0 unspecified atom stereocenters. The zero-order valence-electron chi connectivity index (χ0n) is 18.9. The van der Waals surface area contributed by atoms with Crippen LogP contribution in [-0.4, -0.2) is 36.1 Å². The van der Waals surface area contributed by atoms with Crippen LogP contribution in [0.5, 0.6) is 5.75 Å². The smallest absolute Gasteiger partial charge is 0.280 e. The maximum atomic E-state index is 13.7. The number of aromatic nitrogens is 3. The fraction of sp³-hybridized carbons (Fsp3) is 0.296. The first kappa shape index (κ1) is 20.7. The van der Waals surface area contributed by atoms with Crippen molar-refractivity contribution in [3.05, 3.63) is 87.8 Å². The van der Waals surface area contributed by atoms with E-state index in [0.717, 1.165) is 36.8 Å². The minimum atomic E-state index is -0.231. The van der Waals surface area contributed by atoms with Crippen molar-refractivity contribution >= 4 is 11.6 Å². The van der Waals surface area contributed by atoms with Crippen LogP contribution in [0.2, 0.25) is 0 Å². The maximum absolute atomic E-state index is 13.7. The largest absolute Gasteiger partial charge is 0.508 e. The number of fused-ring (bicyclic) bond motifs is 2. The zero-order valence-corrected chi connectivity index (χ0v) is 18.9. The van der Waals surface area contributed by atoms with Gasteiger partial charge in [0.25, 0.3) is 11.5 Å². The minimum Gasteiger partial charge on any atom is -0.508 e. The third-order valence-electron chi connectivity index (χ3n) is 7.13. The van der Waals surface area contributed by atoms with Gasteiger partial charge in [-0.3, -0.25) is 9.59 Å². The van der Waals surface area contributed by atoms with E-state index in [9.17, 15) is 14.7 Å². The molecule has 172 valence electrons. The van der Waals surface area contributed by atoms with Crippen LogP contribution in [0.3, 0.4) is 0 Å². The van der Waals surface area contributed by atoms with Crippen molar-refractivity contribution in [2.75, 3.05) is 0 Å². The van der Waals surface area contributed by atoms with Gasteiger partial charge in [0.2, 0.25) is 0 Å². The molecule has 1 N–H and O–H groups in total. The number of hydrogen-bond acceptors (Lipinski definition) is 4. The van der Waals surface area contributed by atoms with Crippen LogP contribution in [0, 0.1) is 0 Å². The second kappa shape index (κ2) is 8.17. The highest BCUT2D eigenvalue weighted by atomic mass is 16.3. The summed E-state index contributed by atoms with van der Waals surface area (Å²) >= 11 is 0. The van der Waals surface area contributed by atoms with Crippen molar-refractivity contribution in [1.29, 1.82) is 0 Å². The molecule has 1 saturated carbocycles. The van der Waals surface area contributed by atoms with Crippen LogP contribution >= 0.6 is 0 Å². The molecule has 0 saturated heterocycles. The molecule has 7 heteroatoms. The molecule has 0 radical (unpaired) electrons. The number of nitrogens with zero attached hydrogens (tertiary/aromatic N) is 4. The monoisotopic (exact) mass is 454 g/mol. The van der Waals surface area contributed by atoms with E-state index in [0.29, 0.717) is 35.7 Å². The van der Waals surface area contributed by atoms with Crippen molar-refractivity contribution < 1.29 is 9.90 Å². The highest BCUT2D eigenvalue weighted by Gasteiger charge is 2.38. The van der Waals surface area contributed by atoms with Gasteiger partial charge in [-0.2, -0.15) is 9.61 Å². The molecule has 1 fully saturated rings. The molecule has 0 bridgehead atoms. The number of hydrogen-bond donors (Lipinski definition) is 1. The van der Waals surface area contributed by atoms with Crippen molar-refractivity contribution in [3.63, 3.8) is 0 Å². The Labute approximate surface area is 196 Å². The average molecular weight is 455 g/mol. The number of carbonyl (C=O) groups excluding carboxylic acids is 1. The van der Waals surface area contributed by atoms with Crippen molar-refractivity contribution in [1.82, 2.24) is 19.1 Å². The highest BCUT2D eigenvalue weighted by Crippen LogP contribution is 2.31. The quantitative estimate of drug-likeness (QED) is 0.501. The third-order valence-corrected chi connectivity index (χ3v) is 7.13. The van der Waals surface area contributed by atoms with E-state index in [2.05, 4.69) is 5.10 Å². The molecule has 7 nitrogen and oxygen atoms in total. The van der Waals surface area contributed by atoms with E-state index in [1.165, 1.54) is 10.9 Å². The summed E-state index contributed by atoms with van der Waals surface area (Å²) in [6, 6.07) is 18.8. The van der Waals surface area contributed by atoms with Crippen LogP contribution in [0.15, 0.2) is 65.5 Å². The molecule has 2 aromatic heterocycles. The van der Waals surface area contributed by atoms with E-state index < -0.39 is 0 Å². The molecule has 2 aliphatic rings. The number of benzene rings is 2. The van der Waals surface area contributed by atoms with E-state index >= 15 is 0 Å². The highest BCUT2D eigenvalue weighted by molar-refractivity contribution is 5.97. The van der Waals surface area contributed by atoms with Gasteiger partial charge < -0.3 is 14.6 Å². The van der Waals surface area contributed by atoms with E-state index in [1.54, 1.807) is 24.3 Å². The Kier molecular flexibility index (Phi) is 4.98. The predicted molar refractivity (Wildman–Crippen MR) is 129 cm³/mol. The summed E-state index contributed by atoms with van der Waals surface area (Å²) in [6.45, 7) is 0.814. The zero-order chi connectivity index (χ0) is 23.2. The Hall–Kier alpha value is -3.87. The lowest BCUT2D eigenvalue weighted by atomic mass is 9.94. The normalized spacial score (nSPS) is 16.4. The fourth-order valence-electron chi connectivity index (χ4n) is 5.37. The van der Waals surface area contributed by atoms with Crippen LogP contribution in [0.1, 0.15) is 53.7 Å². The summed E-state index contributed by atoms with van der Waals surface area (Å²) in [6.07, 6.45) is 5.44. The van der Waals surface area contributed by atoms with Gasteiger partial charge >= 0.3 is 0 Å². The van der Waals surface area contributed by atoms with Crippen LogP contribution in [0.4, 0.5) is 0 Å². The number of carbonyl (C=O) groups is 1. The number of amides is 1. The number of aromatic hydroxyl groups is 1. The first-order chi connectivity index (χ1) is 16.6. The standard InChI is InChI=1S/C27H26N4O3/c32-21-13-11-19(12-14-21)23-15-24-30(16-18-7-3-1-4-8-18)25-22(26(33)31(24)28-23)17-29(27(25)34)20-9-5-2-6-10-20/h1,3-4,7-8,11-15,20,32H,2,5-6,9-10,16-17H2. The van der Waals surface area contributed by atoms with Crippen LogP contribution in [-0.2, 0) is 13.1 Å². The molecule has 0 atom stereocenters. The molecule has 1 aliphatic carbocycles. The van der Waals surface area contributed by atoms with Gasteiger partial charge in [-0.25, -0.2) is 0 Å². The Bertz CT molecular complexity index is 1430. The lowest BCUT2D eigenvalue weighted by Gasteiger charge is -2.30. The Morgan fingerprint density at radius 3 is 2.41 bits per heavy atom. The summed E-state index contributed by atoms with van der Waals surface area (Å²) in [5.74, 6) is 0.119. The molecule has 1 amide bonds. The van der Waals surface area contributed by atoms with Crippen molar-refractivity contribution in [2.45, 2.75) is 51.2 Å². The first-order valence-corrected chi connectivity index (χ1v) is 11.9. The summed E-state index contributed by atoms with van der Waals surface area (Å²) in [7, 11) is 0. The number of phenols is 1. The number of phenolic OH excluding ortho intramolecular Hbond substituents is 1. The summed E-state index contributed by atoms with van der Waals surface area (Å²) in [5, 5.41) is 14.3. The lowest BCUT2D eigenvalue weighted by Crippen LogP contribution is -2.37. The Morgan fingerprint density at radius 2 is 1.68 bits per heavy atom. The van der Waals surface area contributed by atoms with Gasteiger partial charge in [-0.05, 0) is 42.7 Å². The van der Waals surface area contributed by atoms with Crippen LogP contribution in [0.25, 0.3) is 16.9 Å². The topological polar surface area (TPSA) is 79.8 Å². The second-order valence-corrected chi connectivity index (χ2v) is 9.28. The van der Waals surface area contributed by atoms with Gasteiger partial charge in [0, 0.05) is 24.2 Å². The van der Waals surface area contributed by atoms with E-state index in [4.69, 9.17) is 0 Å². The molecular weight excluding hydrogens is 428 g/mol. The molecule has 2 aromatic carbocycles. The summed E-state index contributed by atoms with van der Waals surface area (Å²) in [4.78, 5) is 29.2. The maximum Gasteiger partial charge on any atom is 0.280 e. The second-order valence-electron chi connectivity index (χ2n) is 9.28. The minimum absolute atomic E-state index is 0.0511. The van der Waals surface area contributed by atoms with Gasteiger partial charge in [0.15, 0.2) is 0 Å².